The monoisotopic (exact) mass is 477 g/mol. The molecule has 0 spiro atoms. The molecule has 4 rings (SSSR count). The number of anilines is 3. The molecule has 34 heavy (non-hydrogen) atoms. The minimum atomic E-state index is -3.77. The zero-order valence-corrected chi connectivity index (χ0v) is 19.2. The van der Waals surface area contributed by atoms with Crippen molar-refractivity contribution in [3.8, 4) is 0 Å². The molecule has 0 radical (unpaired) electrons. The molecular weight excluding hydrogens is 454 g/mol. The summed E-state index contributed by atoms with van der Waals surface area (Å²) in [4.78, 5) is 24.1. The van der Waals surface area contributed by atoms with Gasteiger partial charge >= 0.3 is 5.97 Å². The van der Waals surface area contributed by atoms with Crippen LogP contribution in [-0.4, -0.2) is 37.7 Å². The first-order chi connectivity index (χ1) is 16.3. The molecule has 3 aromatic rings. The number of amides is 1. The fraction of sp³-hybridized carbons (Fsp3) is 0.120. The second-order valence-electron chi connectivity index (χ2n) is 7.59. The summed E-state index contributed by atoms with van der Waals surface area (Å²) < 4.78 is 25.7. The van der Waals surface area contributed by atoms with E-state index < -0.39 is 22.5 Å². The number of nitrogens with one attached hydrogen (secondary N) is 2. The van der Waals surface area contributed by atoms with Gasteiger partial charge < -0.3 is 15.7 Å². The maximum Gasteiger partial charge on any atom is 0.324 e. The van der Waals surface area contributed by atoms with Crippen LogP contribution in [-0.2, 0) is 19.6 Å². The van der Waals surface area contributed by atoms with Crippen molar-refractivity contribution in [1.82, 2.24) is 0 Å². The van der Waals surface area contributed by atoms with E-state index in [9.17, 15) is 18.0 Å². The van der Waals surface area contributed by atoms with Crippen molar-refractivity contribution in [2.24, 2.45) is 0 Å². The normalized spacial score (nSPS) is 14.2. The minimum Gasteiger partial charge on any atom is -0.480 e. The van der Waals surface area contributed by atoms with E-state index in [0.717, 1.165) is 21.1 Å². The standard InChI is InChI=1S/C25H23N3O5S/c1-2-34(32,33)28(16-22(29)30)19-14-12-18(13-15-19)26-24(17-8-4-3-5-9-17)23-20-10-6-7-11-21(20)27-25(23)31/h3-15,26H,2,16H2,1H3,(H,27,31)(H,29,30). The van der Waals surface area contributed by atoms with E-state index in [0.29, 0.717) is 17.0 Å². The van der Waals surface area contributed by atoms with Crippen molar-refractivity contribution in [3.05, 3.63) is 90.0 Å². The largest absolute Gasteiger partial charge is 0.480 e. The summed E-state index contributed by atoms with van der Waals surface area (Å²) in [5.74, 6) is -1.70. The number of hydrogen-bond donors (Lipinski definition) is 3. The molecule has 0 unspecified atom stereocenters. The zero-order valence-electron chi connectivity index (χ0n) is 18.4. The molecule has 0 aromatic heterocycles. The topological polar surface area (TPSA) is 116 Å². The van der Waals surface area contributed by atoms with Crippen molar-refractivity contribution in [2.45, 2.75) is 6.92 Å². The van der Waals surface area contributed by atoms with Crippen LogP contribution in [0.25, 0.3) is 11.3 Å². The fourth-order valence-corrected chi connectivity index (χ4v) is 4.80. The number of fused-ring (bicyclic) bond motifs is 1. The van der Waals surface area contributed by atoms with E-state index in [1.807, 2.05) is 54.6 Å². The molecule has 9 heteroatoms. The molecular formula is C25H23N3O5S. The van der Waals surface area contributed by atoms with Gasteiger partial charge in [-0.1, -0.05) is 48.5 Å². The molecule has 3 aromatic carbocycles. The highest BCUT2D eigenvalue weighted by Crippen LogP contribution is 2.37. The first-order valence-corrected chi connectivity index (χ1v) is 12.2. The molecule has 1 aliphatic heterocycles. The number of carboxylic acids is 1. The maximum absolute atomic E-state index is 12.9. The lowest BCUT2D eigenvalue weighted by molar-refractivity contribution is -0.135. The van der Waals surface area contributed by atoms with Crippen LogP contribution >= 0.6 is 0 Å². The summed E-state index contributed by atoms with van der Waals surface area (Å²) in [6, 6.07) is 23.2. The highest BCUT2D eigenvalue weighted by Gasteiger charge is 2.28. The lowest BCUT2D eigenvalue weighted by Gasteiger charge is -2.22. The number of carboxylic acid groups (broad SMARTS) is 1. The summed E-state index contributed by atoms with van der Waals surface area (Å²) in [6.45, 7) is 0.794. The van der Waals surface area contributed by atoms with Gasteiger partial charge in [-0.3, -0.25) is 13.9 Å². The molecule has 1 heterocycles. The number of hydrogen-bond acceptors (Lipinski definition) is 5. The van der Waals surface area contributed by atoms with Crippen molar-refractivity contribution >= 4 is 50.2 Å². The van der Waals surface area contributed by atoms with E-state index in [4.69, 9.17) is 5.11 Å². The van der Waals surface area contributed by atoms with Crippen molar-refractivity contribution in [3.63, 3.8) is 0 Å². The van der Waals surface area contributed by atoms with Crippen LogP contribution in [0.3, 0.4) is 0 Å². The molecule has 3 N–H and O–H groups in total. The molecule has 0 saturated carbocycles. The summed E-state index contributed by atoms with van der Waals surface area (Å²) in [6.07, 6.45) is 0. The van der Waals surface area contributed by atoms with Gasteiger partial charge in [-0.25, -0.2) is 8.42 Å². The van der Waals surface area contributed by atoms with E-state index >= 15 is 0 Å². The van der Waals surface area contributed by atoms with Crippen LogP contribution in [0.5, 0.6) is 0 Å². The Bertz CT molecular complexity index is 1370. The van der Waals surface area contributed by atoms with E-state index in [2.05, 4.69) is 10.6 Å². The van der Waals surface area contributed by atoms with Gasteiger partial charge in [0.15, 0.2) is 0 Å². The number of para-hydroxylation sites is 1. The number of sulfonamides is 1. The summed E-state index contributed by atoms with van der Waals surface area (Å²) in [5, 5.41) is 15.4. The average Bonchev–Trinajstić information content (AvgIpc) is 3.17. The molecule has 0 saturated heterocycles. The molecule has 1 amide bonds. The van der Waals surface area contributed by atoms with Crippen LogP contribution in [0, 0.1) is 0 Å². The maximum atomic E-state index is 12.9. The zero-order chi connectivity index (χ0) is 24.3. The third-order valence-electron chi connectivity index (χ3n) is 5.39. The lowest BCUT2D eigenvalue weighted by Crippen LogP contribution is -2.36. The SMILES string of the molecule is CCS(=O)(=O)N(CC(=O)O)c1ccc(NC(=C2C(=O)Nc3ccccc32)c2ccccc2)cc1. The highest BCUT2D eigenvalue weighted by molar-refractivity contribution is 7.92. The smallest absolute Gasteiger partial charge is 0.324 e. The van der Waals surface area contributed by atoms with Gasteiger partial charge in [-0.05, 0) is 42.8 Å². The Labute approximate surface area is 197 Å². The lowest BCUT2D eigenvalue weighted by atomic mass is 10.00. The Balaban J connectivity index is 1.74. The number of nitrogens with zero attached hydrogens (tertiary/aromatic N) is 1. The van der Waals surface area contributed by atoms with Gasteiger partial charge in [0.2, 0.25) is 10.0 Å². The molecule has 0 atom stereocenters. The van der Waals surface area contributed by atoms with Gasteiger partial charge in [0, 0.05) is 16.9 Å². The van der Waals surface area contributed by atoms with Crippen LogP contribution in [0.2, 0.25) is 0 Å². The number of carbonyl (C=O) groups excluding carboxylic acids is 1. The Kier molecular flexibility index (Phi) is 6.38. The molecule has 0 fully saturated rings. The van der Waals surface area contributed by atoms with Gasteiger partial charge in [0.1, 0.15) is 6.54 Å². The van der Waals surface area contributed by atoms with Crippen molar-refractivity contribution in [2.75, 3.05) is 27.2 Å². The Hall–Kier alpha value is -4.11. The highest BCUT2D eigenvalue weighted by atomic mass is 32.2. The third-order valence-corrected chi connectivity index (χ3v) is 7.13. The second-order valence-corrected chi connectivity index (χ2v) is 9.77. The second kappa shape index (κ2) is 9.40. The first-order valence-electron chi connectivity index (χ1n) is 10.6. The van der Waals surface area contributed by atoms with Gasteiger partial charge in [0.05, 0.1) is 22.7 Å². The van der Waals surface area contributed by atoms with Crippen LogP contribution < -0.4 is 14.9 Å². The Morgan fingerprint density at radius 1 is 0.971 bits per heavy atom. The van der Waals surface area contributed by atoms with Gasteiger partial charge in [0.25, 0.3) is 5.91 Å². The average molecular weight is 478 g/mol. The van der Waals surface area contributed by atoms with Gasteiger partial charge in [-0.15, -0.1) is 0 Å². The number of benzene rings is 3. The molecule has 0 aliphatic carbocycles. The van der Waals surface area contributed by atoms with Crippen LogP contribution in [0.4, 0.5) is 17.1 Å². The first kappa shape index (κ1) is 23.1. The van der Waals surface area contributed by atoms with Crippen molar-refractivity contribution < 1.29 is 23.1 Å². The Morgan fingerprint density at radius 3 is 2.26 bits per heavy atom. The minimum absolute atomic E-state index is 0.223. The van der Waals surface area contributed by atoms with Crippen molar-refractivity contribution in [1.29, 1.82) is 0 Å². The predicted octanol–water partition coefficient (Wildman–Crippen LogP) is 3.86. The Morgan fingerprint density at radius 2 is 1.62 bits per heavy atom. The quantitative estimate of drug-likeness (QED) is 0.424. The van der Waals surface area contributed by atoms with E-state index in [1.165, 1.54) is 19.1 Å². The molecule has 0 bridgehead atoms. The van der Waals surface area contributed by atoms with Crippen LogP contribution in [0.15, 0.2) is 78.9 Å². The number of aliphatic carboxylic acids is 1. The third kappa shape index (κ3) is 4.65. The van der Waals surface area contributed by atoms with Crippen LogP contribution in [0.1, 0.15) is 18.1 Å². The number of carbonyl (C=O) groups is 2. The number of rotatable bonds is 8. The summed E-state index contributed by atoms with van der Waals surface area (Å²) in [5.41, 5.74) is 4.24. The molecule has 8 nitrogen and oxygen atoms in total. The summed E-state index contributed by atoms with van der Waals surface area (Å²) in [7, 11) is -3.77. The fourth-order valence-electron chi connectivity index (χ4n) is 3.73. The predicted molar refractivity (Wildman–Crippen MR) is 133 cm³/mol. The van der Waals surface area contributed by atoms with Gasteiger partial charge in [-0.2, -0.15) is 0 Å². The molecule has 1 aliphatic rings. The van der Waals surface area contributed by atoms with E-state index in [-0.39, 0.29) is 17.3 Å². The van der Waals surface area contributed by atoms with E-state index in [1.54, 1.807) is 12.1 Å². The molecule has 174 valence electrons. The summed E-state index contributed by atoms with van der Waals surface area (Å²) >= 11 is 0.